The van der Waals surface area contributed by atoms with Crippen LogP contribution in [0.5, 0.6) is 5.75 Å². The van der Waals surface area contributed by atoms with Gasteiger partial charge in [0, 0.05) is 10.4 Å². The average molecular weight is 435 g/mol. The highest BCUT2D eigenvalue weighted by atomic mass is 32.1. The molecular formula is C25H26N2O3S. The van der Waals surface area contributed by atoms with Crippen LogP contribution >= 0.6 is 11.3 Å². The number of hydrogen-bond donors (Lipinski definition) is 2. The summed E-state index contributed by atoms with van der Waals surface area (Å²) in [7, 11) is 0. The first-order valence-electron chi connectivity index (χ1n) is 10.0. The highest BCUT2D eigenvalue weighted by Crippen LogP contribution is 2.18. The van der Waals surface area contributed by atoms with Gasteiger partial charge in [0.2, 0.25) is 0 Å². The fourth-order valence-electron chi connectivity index (χ4n) is 3.07. The summed E-state index contributed by atoms with van der Waals surface area (Å²) >= 11 is 1.49. The van der Waals surface area contributed by atoms with Crippen molar-refractivity contribution in [3.05, 3.63) is 92.8 Å². The second-order valence-corrected chi connectivity index (χ2v) is 8.20. The molecular weight excluding hydrogens is 408 g/mol. The van der Waals surface area contributed by atoms with Gasteiger partial charge >= 0.3 is 0 Å². The van der Waals surface area contributed by atoms with Gasteiger partial charge in [-0.15, -0.1) is 11.3 Å². The van der Waals surface area contributed by atoms with Gasteiger partial charge in [-0.1, -0.05) is 42.0 Å². The van der Waals surface area contributed by atoms with Crippen molar-refractivity contribution in [2.24, 2.45) is 0 Å². The monoisotopic (exact) mass is 434 g/mol. The second kappa shape index (κ2) is 10.6. The van der Waals surface area contributed by atoms with Crippen molar-refractivity contribution in [2.45, 2.75) is 20.8 Å². The first-order chi connectivity index (χ1) is 14.9. The predicted octanol–water partition coefficient (Wildman–Crippen LogP) is 4.64. The van der Waals surface area contributed by atoms with E-state index >= 15 is 0 Å². The third-order valence-corrected chi connectivity index (χ3v) is 5.51. The highest BCUT2D eigenvalue weighted by Gasteiger charge is 2.16. The van der Waals surface area contributed by atoms with E-state index in [1.54, 1.807) is 18.2 Å². The molecule has 2 amide bonds. The zero-order valence-electron chi connectivity index (χ0n) is 17.9. The van der Waals surface area contributed by atoms with Gasteiger partial charge < -0.3 is 15.4 Å². The fraction of sp³-hybridized carbons (Fsp3) is 0.200. The van der Waals surface area contributed by atoms with Gasteiger partial charge in [-0.05, 0) is 61.6 Å². The van der Waals surface area contributed by atoms with Crippen LogP contribution in [0.25, 0.3) is 6.08 Å². The smallest absolute Gasteiger partial charge is 0.267 e. The molecule has 5 nitrogen and oxygen atoms in total. The van der Waals surface area contributed by atoms with Gasteiger partial charge in [0.05, 0.1) is 6.54 Å². The number of thiophene rings is 1. The Hall–Kier alpha value is -3.38. The molecule has 0 aliphatic heterocycles. The molecule has 0 saturated heterocycles. The summed E-state index contributed by atoms with van der Waals surface area (Å²) in [6.07, 6.45) is 1.68. The maximum absolute atomic E-state index is 12.8. The van der Waals surface area contributed by atoms with Gasteiger partial charge in [-0.3, -0.25) is 9.59 Å². The summed E-state index contributed by atoms with van der Waals surface area (Å²) in [5.74, 6) is 0.115. The van der Waals surface area contributed by atoms with Crippen LogP contribution in [0.1, 0.15) is 31.9 Å². The third-order valence-electron chi connectivity index (χ3n) is 4.69. The number of ether oxygens (including phenoxy) is 1. The summed E-state index contributed by atoms with van der Waals surface area (Å²) in [4.78, 5) is 26.4. The first-order valence-corrected chi connectivity index (χ1v) is 10.9. The molecule has 0 unspecified atom stereocenters. The molecule has 0 saturated carbocycles. The largest absolute Gasteiger partial charge is 0.491 e. The molecule has 0 bridgehead atoms. The maximum Gasteiger partial charge on any atom is 0.267 e. The molecule has 2 aromatic carbocycles. The van der Waals surface area contributed by atoms with Crippen LogP contribution in [-0.4, -0.2) is 25.0 Å². The van der Waals surface area contributed by atoms with Gasteiger partial charge in [0.25, 0.3) is 11.8 Å². The molecule has 0 radical (unpaired) electrons. The van der Waals surface area contributed by atoms with Crippen LogP contribution in [0.3, 0.4) is 0 Å². The van der Waals surface area contributed by atoms with Gasteiger partial charge in [-0.2, -0.15) is 0 Å². The number of amides is 2. The second-order valence-electron chi connectivity index (χ2n) is 7.22. The number of nitrogens with one attached hydrogen (secondary N) is 2. The Morgan fingerprint density at radius 2 is 1.81 bits per heavy atom. The Balaban J connectivity index is 1.64. The van der Waals surface area contributed by atoms with Gasteiger partial charge in [0.1, 0.15) is 18.1 Å². The van der Waals surface area contributed by atoms with Crippen molar-refractivity contribution in [1.29, 1.82) is 0 Å². The molecule has 1 aromatic heterocycles. The molecule has 160 valence electrons. The number of hydrogen-bond acceptors (Lipinski definition) is 4. The minimum Gasteiger partial charge on any atom is -0.491 e. The summed E-state index contributed by atoms with van der Waals surface area (Å²) in [6.45, 7) is 6.53. The van der Waals surface area contributed by atoms with E-state index in [-0.39, 0.29) is 17.5 Å². The lowest BCUT2D eigenvalue weighted by Crippen LogP contribution is -2.36. The number of aryl methyl sites for hydroxylation is 3. The van der Waals surface area contributed by atoms with Crippen LogP contribution in [0.2, 0.25) is 0 Å². The molecule has 3 aromatic rings. The van der Waals surface area contributed by atoms with E-state index in [0.29, 0.717) is 18.7 Å². The molecule has 0 aliphatic rings. The zero-order chi connectivity index (χ0) is 22.2. The Labute approximate surface area is 186 Å². The van der Waals surface area contributed by atoms with Crippen LogP contribution in [0, 0.1) is 20.8 Å². The van der Waals surface area contributed by atoms with E-state index in [9.17, 15) is 9.59 Å². The van der Waals surface area contributed by atoms with E-state index in [1.165, 1.54) is 16.9 Å². The molecule has 0 spiro atoms. The summed E-state index contributed by atoms with van der Waals surface area (Å²) < 4.78 is 5.77. The molecule has 0 atom stereocenters. The number of rotatable bonds is 8. The normalized spacial score (nSPS) is 11.1. The molecule has 3 rings (SSSR count). The topological polar surface area (TPSA) is 67.4 Å². The Morgan fingerprint density at radius 3 is 2.52 bits per heavy atom. The third kappa shape index (κ3) is 6.30. The minimum absolute atomic E-state index is 0.196. The fourth-order valence-corrected chi connectivity index (χ4v) is 3.73. The summed E-state index contributed by atoms with van der Waals surface area (Å²) in [6, 6.07) is 17.0. The van der Waals surface area contributed by atoms with Gasteiger partial charge in [-0.25, -0.2) is 0 Å². The highest BCUT2D eigenvalue weighted by molar-refractivity contribution is 7.10. The van der Waals surface area contributed by atoms with Crippen molar-refractivity contribution in [1.82, 2.24) is 10.6 Å². The molecule has 0 aliphatic carbocycles. The predicted molar refractivity (Wildman–Crippen MR) is 125 cm³/mol. The lowest BCUT2D eigenvalue weighted by molar-refractivity contribution is -0.117. The molecule has 1 heterocycles. The number of carbonyl (C=O) groups excluding carboxylic acids is 2. The van der Waals surface area contributed by atoms with Crippen molar-refractivity contribution in [2.75, 3.05) is 13.2 Å². The molecule has 6 heteroatoms. The van der Waals surface area contributed by atoms with Crippen molar-refractivity contribution >= 4 is 29.2 Å². The molecule has 31 heavy (non-hydrogen) atoms. The minimum atomic E-state index is -0.362. The van der Waals surface area contributed by atoms with Crippen LogP contribution in [0.4, 0.5) is 0 Å². The van der Waals surface area contributed by atoms with Crippen LogP contribution < -0.4 is 15.4 Å². The Morgan fingerprint density at radius 1 is 1.00 bits per heavy atom. The SMILES string of the molecule is Cc1ccc(OCCNC(=O)/C(=C/c2cccs2)NC(=O)c2ccccc2C)c(C)c1. The van der Waals surface area contributed by atoms with Crippen LogP contribution in [0.15, 0.2) is 65.7 Å². The van der Waals surface area contributed by atoms with Crippen LogP contribution in [-0.2, 0) is 4.79 Å². The number of benzene rings is 2. The van der Waals surface area contributed by atoms with E-state index < -0.39 is 0 Å². The average Bonchev–Trinajstić information content (AvgIpc) is 3.25. The Kier molecular flexibility index (Phi) is 7.62. The first kappa shape index (κ1) is 22.3. The maximum atomic E-state index is 12.8. The van der Waals surface area contributed by atoms with Gasteiger partial charge in [0.15, 0.2) is 0 Å². The van der Waals surface area contributed by atoms with E-state index in [2.05, 4.69) is 16.7 Å². The Bertz CT molecular complexity index is 1090. The van der Waals surface area contributed by atoms with Crippen molar-refractivity contribution < 1.29 is 14.3 Å². The van der Waals surface area contributed by atoms with Crippen molar-refractivity contribution in [3.63, 3.8) is 0 Å². The summed E-state index contributed by atoms with van der Waals surface area (Å²) in [5.41, 5.74) is 3.80. The van der Waals surface area contributed by atoms with E-state index in [0.717, 1.165) is 21.8 Å². The van der Waals surface area contributed by atoms with Crippen molar-refractivity contribution in [3.8, 4) is 5.75 Å². The number of carbonyl (C=O) groups is 2. The van der Waals surface area contributed by atoms with E-state index in [4.69, 9.17) is 4.74 Å². The standard InChI is InChI=1S/C25H26N2O3S/c1-17-10-11-23(19(3)15-17)30-13-12-26-25(29)22(16-20-8-6-14-31-20)27-24(28)21-9-5-4-7-18(21)2/h4-11,14-16H,12-13H2,1-3H3,(H,26,29)(H,27,28)/b22-16-. The molecule has 2 N–H and O–H groups in total. The molecule has 0 fully saturated rings. The lowest BCUT2D eigenvalue weighted by Gasteiger charge is -2.13. The summed E-state index contributed by atoms with van der Waals surface area (Å²) in [5, 5.41) is 7.51. The van der Waals surface area contributed by atoms with E-state index in [1.807, 2.05) is 62.5 Å². The quantitative estimate of drug-likeness (QED) is 0.401. The zero-order valence-corrected chi connectivity index (χ0v) is 18.7. The lowest BCUT2D eigenvalue weighted by atomic mass is 10.1.